The van der Waals surface area contributed by atoms with Crippen LogP contribution >= 0.6 is 22.7 Å². The van der Waals surface area contributed by atoms with Gasteiger partial charge in [-0.1, -0.05) is 12.1 Å². The van der Waals surface area contributed by atoms with E-state index in [0.29, 0.717) is 22.9 Å². The highest BCUT2D eigenvalue weighted by atomic mass is 32.1. The van der Waals surface area contributed by atoms with Crippen molar-refractivity contribution in [3.8, 4) is 11.4 Å². The number of thiophene rings is 1. The molecule has 0 aliphatic rings. The first-order chi connectivity index (χ1) is 15.6. The van der Waals surface area contributed by atoms with Crippen LogP contribution in [0.5, 0.6) is 5.75 Å². The standard InChI is InChI=1S/C23H17FN4O2S2/c1-14-18-10-21(32-23(18)28(27-14)17-8-6-15(24)7-9-17)22(29)26-19-4-2-3-5-20(19)30-11-16-12-31-13-25-16/h2-10,12-13H,11H2,1H3,(H,26,29). The number of aryl methyl sites for hydroxylation is 1. The predicted molar refractivity (Wildman–Crippen MR) is 124 cm³/mol. The number of carbonyl (C=O) groups is 1. The Morgan fingerprint density at radius 3 is 2.78 bits per heavy atom. The second-order valence-electron chi connectivity index (χ2n) is 7.02. The number of anilines is 1. The summed E-state index contributed by atoms with van der Waals surface area (Å²) in [6, 6.07) is 15.2. The molecule has 0 fully saturated rings. The Balaban J connectivity index is 1.40. The molecule has 160 valence electrons. The van der Waals surface area contributed by atoms with E-state index in [2.05, 4.69) is 15.4 Å². The molecule has 6 nitrogen and oxygen atoms in total. The number of halogens is 1. The highest BCUT2D eigenvalue weighted by Crippen LogP contribution is 2.32. The minimum absolute atomic E-state index is 0.235. The molecule has 0 saturated heterocycles. The normalized spacial score (nSPS) is 11.1. The number of benzene rings is 2. The zero-order chi connectivity index (χ0) is 22.1. The van der Waals surface area contributed by atoms with Crippen molar-refractivity contribution in [2.24, 2.45) is 0 Å². The van der Waals surface area contributed by atoms with Gasteiger partial charge in [-0.25, -0.2) is 14.1 Å². The number of nitrogens with zero attached hydrogens (tertiary/aromatic N) is 3. The lowest BCUT2D eigenvalue weighted by atomic mass is 10.2. The topological polar surface area (TPSA) is 69.0 Å². The minimum atomic E-state index is -0.309. The van der Waals surface area contributed by atoms with Crippen LogP contribution in [-0.2, 0) is 6.61 Å². The fourth-order valence-corrected chi connectivity index (χ4v) is 4.88. The third kappa shape index (κ3) is 4.00. The fourth-order valence-electron chi connectivity index (χ4n) is 3.26. The van der Waals surface area contributed by atoms with Gasteiger partial charge in [-0.3, -0.25) is 4.79 Å². The van der Waals surface area contributed by atoms with Crippen molar-refractivity contribution in [3.05, 3.63) is 87.6 Å². The molecular weight excluding hydrogens is 447 g/mol. The van der Waals surface area contributed by atoms with Crippen LogP contribution in [0.4, 0.5) is 10.1 Å². The third-order valence-electron chi connectivity index (χ3n) is 4.83. The van der Waals surface area contributed by atoms with Crippen molar-refractivity contribution >= 4 is 44.5 Å². The molecule has 1 amide bonds. The molecule has 0 atom stereocenters. The molecule has 3 heterocycles. The van der Waals surface area contributed by atoms with E-state index in [0.717, 1.165) is 27.3 Å². The summed E-state index contributed by atoms with van der Waals surface area (Å²) in [5.41, 5.74) is 4.71. The number of hydrogen-bond acceptors (Lipinski definition) is 6. The first-order valence-corrected chi connectivity index (χ1v) is 11.5. The molecule has 32 heavy (non-hydrogen) atoms. The lowest BCUT2D eigenvalue weighted by molar-refractivity contribution is 0.103. The molecule has 0 unspecified atom stereocenters. The highest BCUT2D eigenvalue weighted by molar-refractivity contribution is 7.20. The lowest BCUT2D eigenvalue weighted by Crippen LogP contribution is -2.11. The number of para-hydroxylation sites is 2. The summed E-state index contributed by atoms with van der Waals surface area (Å²) in [6.45, 7) is 2.21. The van der Waals surface area contributed by atoms with Gasteiger partial charge in [0.25, 0.3) is 5.91 Å². The quantitative estimate of drug-likeness (QED) is 0.344. The van der Waals surface area contributed by atoms with Crippen LogP contribution in [0.25, 0.3) is 15.9 Å². The Hall–Kier alpha value is -3.56. The van der Waals surface area contributed by atoms with Gasteiger partial charge in [0.2, 0.25) is 0 Å². The molecule has 2 aromatic carbocycles. The van der Waals surface area contributed by atoms with Gasteiger partial charge in [0.15, 0.2) is 0 Å². The monoisotopic (exact) mass is 464 g/mol. The van der Waals surface area contributed by atoms with Gasteiger partial charge in [0.1, 0.15) is 23.0 Å². The van der Waals surface area contributed by atoms with Crippen LogP contribution in [0, 0.1) is 12.7 Å². The Kier molecular flexibility index (Phi) is 5.42. The number of aromatic nitrogens is 3. The van der Waals surface area contributed by atoms with Crippen LogP contribution in [-0.4, -0.2) is 20.7 Å². The highest BCUT2D eigenvalue weighted by Gasteiger charge is 2.18. The minimum Gasteiger partial charge on any atom is -0.485 e. The Bertz CT molecular complexity index is 1390. The predicted octanol–water partition coefficient (Wildman–Crippen LogP) is 5.82. The summed E-state index contributed by atoms with van der Waals surface area (Å²) < 4.78 is 20.9. The number of rotatable bonds is 6. The molecule has 0 radical (unpaired) electrons. The Morgan fingerprint density at radius 1 is 1.19 bits per heavy atom. The average Bonchev–Trinajstić information content (AvgIpc) is 3.53. The van der Waals surface area contributed by atoms with Gasteiger partial charge in [-0.2, -0.15) is 5.10 Å². The average molecular weight is 465 g/mol. The van der Waals surface area contributed by atoms with E-state index < -0.39 is 0 Å². The number of nitrogens with one attached hydrogen (secondary N) is 1. The molecule has 0 bridgehead atoms. The van der Waals surface area contributed by atoms with Gasteiger partial charge in [-0.05, 0) is 49.4 Å². The summed E-state index contributed by atoms with van der Waals surface area (Å²) in [5.74, 6) is 0.0281. The smallest absolute Gasteiger partial charge is 0.265 e. The van der Waals surface area contributed by atoms with E-state index in [1.165, 1.54) is 34.8 Å². The molecule has 9 heteroatoms. The maximum atomic E-state index is 13.3. The molecule has 5 rings (SSSR count). The van der Waals surface area contributed by atoms with Crippen molar-refractivity contribution in [3.63, 3.8) is 0 Å². The summed E-state index contributed by atoms with van der Waals surface area (Å²) in [5, 5.41) is 10.3. The van der Waals surface area contributed by atoms with E-state index in [4.69, 9.17) is 4.74 Å². The number of carbonyl (C=O) groups excluding carboxylic acids is 1. The van der Waals surface area contributed by atoms with E-state index >= 15 is 0 Å². The van der Waals surface area contributed by atoms with Gasteiger partial charge in [-0.15, -0.1) is 22.7 Å². The SMILES string of the molecule is Cc1nn(-c2ccc(F)cc2)c2sc(C(=O)Nc3ccccc3OCc3cscn3)cc12. The molecule has 0 aliphatic carbocycles. The Labute approximate surface area is 190 Å². The maximum absolute atomic E-state index is 13.3. The van der Waals surface area contributed by atoms with Gasteiger partial charge in [0.05, 0.1) is 33.2 Å². The van der Waals surface area contributed by atoms with Crippen LogP contribution in [0.2, 0.25) is 0 Å². The van der Waals surface area contributed by atoms with Crippen molar-refractivity contribution < 1.29 is 13.9 Å². The third-order valence-corrected chi connectivity index (χ3v) is 6.58. The number of ether oxygens (including phenoxy) is 1. The molecule has 5 aromatic rings. The fraction of sp³-hybridized carbons (Fsp3) is 0.0870. The number of amides is 1. The van der Waals surface area contributed by atoms with Crippen LogP contribution in [0.3, 0.4) is 0 Å². The number of thiazole rings is 1. The van der Waals surface area contributed by atoms with E-state index in [1.54, 1.807) is 28.4 Å². The van der Waals surface area contributed by atoms with Crippen molar-refractivity contribution in [1.82, 2.24) is 14.8 Å². The summed E-state index contributed by atoms with van der Waals surface area (Å²) in [4.78, 5) is 18.6. The molecule has 0 saturated carbocycles. The first kappa shape index (κ1) is 20.3. The first-order valence-electron chi connectivity index (χ1n) is 9.74. The van der Waals surface area contributed by atoms with E-state index in [1.807, 2.05) is 36.6 Å². The van der Waals surface area contributed by atoms with E-state index in [9.17, 15) is 9.18 Å². The lowest BCUT2D eigenvalue weighted by Gasteiger charge is -2.11. The maximum Gasteiger partial charge on any atom is 0.265 e. The van der Waals surface area contributed by atoms with Gasteiger partial charge in [0, 0.05) is 10.8 Å². The molecule has 3 aromatic heterocycles. The van der Waals surface area contributed by atoms with Crippen molar-refractivity contribution in [2.45, 2.75) is 13.5 Å². The van der Waals surface area contributed by atoms with Gasteiger partial charge < -0.3 is 10.1 Å². The molecule has 0 aliphatic heterocycles. The number of fused-ring (bicyclic) bond motifs is 1. The van der Waals surface area contributed by atoms with Crippen molar-refractivity contribution in [2.75, 3.05) is 5.32 Å². The summed E-state index contributed by atoms with van der Waals surface area (Å²) >= 11 is 2.84. The number of hydrogen-bond donors (Lipinski definition) is 1. The van der Waals surface area contributed by atoms with Crippen LogP contribution < -0.4 is 10.1 Å². The summed E-state index contributed by atoms with van der Waals surface area (Å²) in [6.07, 6.45) is 0. The second-order valence-corrected chi connectivity index (χ2v) is 8.77. The largest absolute Gasteiger partial charge is 0.485 e. The second kappa shape index (κ2) is 8.52. The zero-order valence-corrected chi connectivity index (χ0v) is 18.5. The van der Waals surface area contributed by atoms with Crippen LogP contribution in [0.15, 0.2) is 65.5 Å². The summed E-state index contributed by atoms with van der Waals surface area (Å²) in [7, 11) is 0. The molecule has 1 N–H and O–H groups in total. The molecule has 0 spiro atoms. The van der Waals surface area contributed by atoms with Crippen LogP contribution in [0.1, 0.15) is 21.1 Å². The Morgan fingerprint density at radius 2 is 2.00 bits per heavy atom. The van der Waals surface area contributed by atoms with Gasteiger partial charge >= 0.3 is 0 Å². The van der Waals surface area contributed by atoms with Crippen molar-refractivity contribution in [1.29, 1.82) is 0 Å². The van der Waals surface area contributed by atoms with E-state index in [-0.39, 0.29) is 11.7 Å². The zero-order valence-electron chi connectivity index (χ0n) is 16.9. The molecular formula is C23H17FN4O2S2.